The molecule has 2 saturated carbocycles. The van der Waals surface area contributed by atoms with E-state index < -0.39 is 0 Å². The zero-order valence-corrected chi connectivity index (χ0v) is 17.6. The van der Waals surface area contributed by atoms with E-state index in [1.165, 1.54) is 44.9 Å². The molecule has 3 atom stereocenters. The van der Waals surface area contributed by atoms with Gasteiger partial charge in [-0.3, -0.25) is 0 Å². The first kappa shape index (κ1) is 25.4. The minimum absolute atomic E-state index is 0. The number of aliphatic hydroxyl groups excluding tert-OH is 1. The molecule has 0 amide bonds. The van der Waals surface area contributed by atoms with Gasteiger partial charge in [0, 0.05) is 4.47 Å². The van der Waals surface area contributed by atoms with Crippen LogP contribution in [0, 0.1) is 26.7 Å². The minimum atomic E-state index is -0.307. The van der Waals surface area contributed by atoms with Gasteiger partial charge in [0.1, 0.15) is 0 Å². The molecule has 23 heavy (non-hydrogen) atoms. The van der Waals surface area contributed by atoms with Crippen LogP contribution in [-0.4, -0.2) is 5.11 Å². The van der Waals surface area contributed by atoms with Crippen molar-refractivity contribution in [3.8, 4) is 0 Å². The third-order valence-electron chi connectivity index (χ3n) is 4.81. The van der Waals surface area contributed by atoms with Gasteiger partial charge in [-0.1, -0.05) is 86.0 Å². The molecule has 134 valence electrons. The van der Waals surface area contributed by atoms with E-state index in [4.69, 9.17) is 0 Å². The zero-order valence-electron chi connectivity index (χ0n) is 14.9. The quantitative estimate of drug-likeness (QED) is 0.410. The fourth-order valence-electron chi connectivity index (χ4n) is 3.47. The smallest absolute Gasteiger partial charge is 0.388 e. The van der Waals surface area contributed by atoms with Crippen LogP contribution < -0.4 is 0 Å². The van der Waals surface area contributed by atoms with Gasteiger partial charge in [-0.15, -0.1) is 0 Å². The normalized spacial score (nSPS) is 23.4. The second-order valence-electron chi connectivity index (χ2n) is 6.31. The predicted octanol–water partition coefficient (Wildman–Crippen LogP) is 6.77. The van der Waals surface area contributed by atoms with Crippen LogP contribution in [0.25, 0.3) is 0 Å². The molecule has 2 fully saturated rings. The van der Waals surface area contributed by atoms with Crippen molar-refractivity contribution in [3.63, 3.8) is 0 Å². The SMILES string of the molecule is C1CCCC1.CC1CCCC1[C@@H](O)c1ccccc1Br.[CH3-].[CH3-].[Fe+2]. The summed E-state index contributed by atoms with van der Waals surface area (Å²) in [4.78, 5) is 0. The minimum Gasteiger partial charge on any atom is -0.388 e. The molecule has 3 heteroatoms. The molecule has 0 aliphatic heterocycles. The first-order valence-electron chi connectivity index (χ1n) is 8.12. The summed E-state index contributed by atoms with van der Waals surface area (Å²) in [6.45, 7) is 2.25. The van der Waals surface area contributed by atoms with Gasteiger partial charge in [-0.25, -0.2) is 0 Å². The molecular weight excluding hydrogens is 392 g/mol. The van der Waals surface area contributed by atoms with Gasteiger partial charge in [0.2, 0.25) is 0 Å². The first-order valence-corrected chi connectivity index (χ1v) is 8.92. The monoisotopic (exact) mass is 424 g/mol. The van der Waals surface area contributed by atoms with E-state index in [1.807, 2.05) is 24.3 Å². The van der Waals surface area contributed by atoms with Crippen molar-refractivity contribution in [2.75, 3.05) is 0 Å². The second-order valence-corrected chi connectivity index (χ2v) is 7.16. The molecule has 0 bridgehead atoms. The molecule has 0 radical (unpaired) electrons. The summed E-state index contributed by atoms with van der Waals surface area (Å²) in [6, 6.07) is 7.99. The number of rotatable bonds is 2. The van der Waals surface area contributed by atoms with Crippen molar-refractivity contribution in [2.45, 2.75) is 64.4 Å². The largest absolute Gasteiger partial charge is 2.00 e. The molecule has 2 unspecified atom stereocenters. The van der Waals surface area contributed by atoms with Crippen LogP contribution in [0.15, 0.2) is 28.7 Å². The predicted molar refractivity (Wildman–Crippen MR) is 102 cm³/mol. The summed E-state index contributed by atoms with van der Waals surface area (Å²) in [6.07, 6.45) is 10.9. The number of aliphatic hydroxyl groups is 1. The van der Waals surface area contributed by atoms with Crippen molar-refractivity contribution < 1.29 is 22.2 Å². The van der Waals surface area contributed by atoms with Crippen LogP contribution in [0.1, 0.15) is 70.0 Å². The Morgan fingerprint density at radius 2 is 1.48 bits per heavy atom. The van der Waals surface area contributed by atoms with E-state index in [1.54, 1.807) is 0 Å². The molecule has 2 aliphatic carbocycles. The Labute approximate surface area is 163 Å². The molecule has 1 nitrogen and oxygen atoms in total. The van der Waals surface area contributed by atoms with E-state index in [2.05, 4.69) is 22.9 Å². The van der Waals surface area contributed by atoms with Crippen LogP contribution in [0.2, 0.25) is 0 Å². The Kier molecular flexibility index (Phi) is 14.9. The molecule has 1 aromatic rings. The summed E-state index contributed by atoms with van der Waals surface area (Å²) in [5.74, 6) is 1.08. The summed E-state index contributed by atoms with van der Waals surface area (Å²) in [5, 5.41) is 10.3. The fraction of sp³-hybridized carbons (Fsp3) is 0.600. The van der Waals surface area contributed by atoms with Gasteiger partial charge < -0.3 is 20.0 Å². The Balaban J connectivity index is 0. The standard InChI is InChI=1S/C13H17BrO.C5H10.2CH3.Fe/c1-9-5-4-7-10(9)13(15)11-6-2-3-8-12(11)14;1-2-4-5-3-1;;;/h2-3,6,8-10,13,15H,4-5,7H2,1H3;1-5H2;2*1H3;/q;;2*-1;+2/t9?,10?,13-;;;;/m1..../s1. The van der Waals surface area contributed by atoms with Gasteiger partial charge in [-0.05, 0) is 29.9 Å². The maximum absolute atomic E-state index is 10.3. The van der Waals surface area contributed by atoms with Crippen LogP contribution in [0.4, 0.5) is 0 Å². The average Bonchev–Trinajstić information content (AvgIpc) is 3.12. The molecule has 2 aliphatic rings. The van der Waals surface area contributed by atoms with Crippen LogP contribution in [0.5, 0.6) is 0 Å². The number of benzene rings is 1. The third-order valence-corrected chi connectivity index (χ3v) is 5.53. The van der Waals surface area contributed by atoms with Crippen LogP contribution >= 0.6 is 15.9 Å². The molecule has 0 heterocycles. The molecule has 3 rings (SSSR count). The summed E-state index contributed by atoms with van der Waals surface area (Å²) in [5.41, 5.74) is 1.04. The van der Waals surface area contributed by atoms with Crippen molar-refractivity contribution in [2.24, 2.45) is 11.8 Å². The third kappa shape index (κ3) is 7.73. The Hall–Kier alpha value is 0.179. The molecule has 0 saturated heterocycles. The van der Waals surface area contributed by atoms with Crippen molar-refractivity contribution in [1.82, 2.24) is 0 Å². The molecule has 0 aromatic heterocycles. The number of halogens is 1. The van der Waals surface area contributed by atoms with E-state index >= 15 is 0 Å². The van der Waals surface area contributed by atoms with Gasteiger partial charge in [0.05, 0.1) is 6.10 Å². The van der Waals surface area contributed by atoms with Gasteiger partial charge in [-0.2, -0.15) is 0 Å². The summed E-state index contributed by atoms with van der Waals surface area (Å²) in [7, 11) is 0. The van der Waals surface area contributed by atoms with E-state index in [0.717, 1.165) is 16.5 Å². The van der Waals surface area contributed by atoms with Crippen LogP contribution in [0.3, 0.4) is 0 Å². The fourth-order valence-corrected chi connectivity index (χ4v) is 3.99. The van der Waals surface area contributed by atoms with Crippen LogP contribution in [-0.2, 0) is 17.1 Å². The first-order chi connectivity index (χ1) is 9.70. The van der Waals surface area contributed by atoms with E-state index in [0.29, 0.717) is 11.8 Å². The molecule has 1 N–H and O–H groups in total. The van der Waals surface area contributed by atoms with Gasteiger partial charge in [0.15, 0.2) is 0 Å². The number of hydrogen-bond acceptors (Lipinski definition) is 1. The van der Waals surface area contributed by atoms with Crippen molar-refractivity contribution in [3.05, 3.63) is 49.2 Å². The molecular formula is C20H33BrFeO. The van der Waals surface area contributed by atoms with Crippen molar-refractivity contribution in [1.29, 1.82) is 0 Å². The Bertz CT molecular complexity index is 399. The van der Waals surface area contributed by atoms with Gasteiger partial charge >= 0.3 is 17.1 Å². The molecule has 1 aromatic carbocycles. The number of hydrogen-bond donors (Lipinski definition) is 1. The Morgan fingerprint density at radius 3 is 1.91 bits per heavy atom. The van der Waals surface area contributed by atoms with Crippen molar-refractivity contribution >= 4 is 15.9 Å². The molecule has 0 spiro atoms. The Morgan fingerprint density at radius 1 is 0.957 bits per heavy atom. The van der Waals surface area contributed by atoms with E-state index in [9.17, 15) is 5.11 Å². The van der Waals surface area contributed by atoms with E-state index in [-0.39, 0.29) is 38.0 Å². The zero-order chi connectivity index (χ0) is 14.4. The summed E-state index contributed by atoms with van der Waals surface area (Å²) < 4.78 is 1.02. The van der Waals surface area contributed by atoms with Gasteiger partial charge in [0.25, 0.3) is 0 Å². The average molecular weight is 425 g/mol. The topological polar surface area (TPSA) is 20.2 Å². The second kappa shape index (κ2) is 13.5. The maximum Gasteiger partial charge on any atom is 2.00 e. The maximum atomic E-state index is 10.3. The summed E-state index contributed by atoms with van der Waals surface area (Å²) >= 11 is 3.50.